The summed E-state index contributed by atoms with van der Waals surface area (Å²) in [5.74, 6) is -0.497. The standard InChI is InChI=1S/C17H24N2O3S/c20-17(14-9-12-23(21,22)13-14)18-15-5-7-16(8-6-15)19-10-3-1-2-4-11-19/h5-8,14H,1-4,9-13H2,(H,18,20)/t14-/m1/s1. The van der Waals surface area contributed by atoms with Crippen LogP contribution in [0, 0.1) is 5.92 Å². The molecule has 0 bridgehead atoms. The molecule has 126 valence electrons. The lowest BCUT2D eigenvalue weighted by Crippen LogP contribution is -2.24. The van der Waals surface area contributed by atoms with Crippen molar-refractivity contribution in [2.24, 2.45) is 5.92 Å². The van der Waals surface area contributed by atoms with E-state index in [-0.39, 0.29) is 17.4 Å². The molecule has 0 unspecified atom stereocenters. The van der Waals surface area contributed by atoms with Crippen molar-refractivity contribution in [3.05, 3.63) is 24.3 Å². The van der Waals surface area contributed by atoms with Crippen molar-refractivity contribution in [1.82, 2.24) is 0 Å². The second-order valence-corrected chi connectivity index (χ2v) is 8.77. The van der Waals surface area contributed by atoms with Gasteiger partial charge in [-0.25, -0.2) is 8.42 Å². The Morgan fingerprint density at radius 3 is 2.26 bits per heavy atom. The summed E-state index contributed by atoms with van der Waals surface area (Å²) in [7, 11) is -3.02. The van der Waals surface area contributed by atoms with Crippen molar-refractivity contribution in [1.29, 1.82) is 0 Å². The van der Waals surface area contributed by atoms with Crippen molar-refractivity contribution in [3.8, 4) is 0 Å². The Morgan fingerprint density at radius 2 is 1.70 bits per heavy atom. The lowest BCUT2D eigenvalue weighted by molar-refractivity contribution is -0.119. The lowest BCUT2D eigenvalue weighted by Gasteiger charge is -2.23. The Labute approximate surface area is 138 Å². The smallest absolute Gasteiger partial charge is 0.228 e. The van der Waals surface area contributed by atoms with Gasteiger partial charge >= 0.3 is 0 Å². The van der Waals surface area contributed by atoms with Crippen molar-refractivity contribution in [2.45, 2.75) is 32.1 Å². The predicted molar refractivity (Wildman–Crippen MR) is 92.5 cm³/mol. The molecule has 0 spiro atoms. The van der Waals surface area contributed by atoms with E-state index in [9.17, 15) is 13.2 Å². The van der Waals surface area contributed by atoms with Gasteiger partial charge in [-0.15, -0.1) is 0 Å². The number of nitrogens with zero attached hydrogens (tertiary/aromatic N) is 1. The third-order valence-electron chi connectivity index (χ3n) is 4.71. The highest BCUT2D eigenvalue weighted by atomic mass is 32.2. The highest BCUT2D eigenvalue weighted by molar-refractivity contribution is 7.91. The molecule has 2 fully saturated rings. The maximum atomic E-state index is 12.1. The maximum absolute atomic E-state index is 12.1. The number of hydrogen-bond donors (Lipinski definition) is 1. The lowest BCUT2D eigenvalue weighted by atomic mass is 10.1. The van der Waals surface area contributed by atoms with Gasteiger partial charge in [-0.2, -0.15) is 0 Å². The van der Waals surface area contributed by atoms with Gasteiger partial charge in [-0.05, 0) is 43.5 Å². The summed E-state index contributed by atoms with van der Waals surface area (Å²) in [5, 5.41) is 2.84. The van der Waals surface area contributed by atoms with Gasteiger partial charge in [0.15, 0.2) is 9.84 Å². The number of amides is 1. The molecule has 0 saturated carbocycles. The minimum absolute atomic E-state index is 0.0231. The number of benzene rings is 1. The van der Waals surface area contributed by atoms with E-state index in [0.717, 1.165) is 18.8 Å². The molecule has 1 N–H and O–H groups in total. The summed E-state index contributed by atoms with van der Waals surface area (Å²) in [6.07, 6.45) is 5.49. The van der Waals surface area contributed by atoms with Crippen LogP contribution in [0.4, 0.5) is 11.4 Å². The van der Waals surface area contributed by atoms with E-state index < -0.39 is 15.8 Å². The molecule has 0 radical (unpaired) electrons. The van der Waals surface area contributed by atoms with Crippen LogP contribution in [0.3, 0.4) is 0 Å². The average Bonchev–Trinajstić information content (AvgIpc) is 2.75. The van der Waals surface area contributed by atoms with E-state index in [1.165, 1.54) is 31.4 Å². The van der Waals surface area contributed by atoms with Gasteiger partial charge in [0.05, 0.1) is 17.4 Å². The molecule has 1 aromatic rings. The number of rotatable bonds is 3. The van der Waals surface area contributed by atoms with Crippen molar-refractivity contribution < 1.29 is 13.2 Å². The molecule has 2 aliphatic heterocycles. The Bertz CT molecular complexity index is 647. The van der Waals surface area contributed by atoms with E-state index in [0.29, 0.717) is 6.42 Å². The topological polar surface area (TPSA) is 66.5 Å². The third kappa shape index (κ3) is 4.25. The van der Waals surface area contributed by atoms with Gasteiger partial charge in [-0.3, -0.25) is 4.79 Å². The van der Waals surface area contributed by atoms with Crippen LogP contribution in [0.25, 0.3) is 0 Å². The summed E-state index contributed by atoms with van der Waals surface area (Å²) in [5.41, 5.74) is 1.92. The first-order valence-corrected chi connectivity index (χ1v) is 10.2. The molecule has 3 rings (SSSR count). The minimum Gasteiger partial charge on any atom is -0.372 e. The molecular formula is C17H24N2O3S. The first-order valence-electron chi connectivity index (χ1n) is 8.40. The van der Waals surface area contributed by atoms with Crippen LogP contribution in [-0.4, -0.2) is 38.9 Å². The largest absolute Gasteiger partial charge is 0.372 e. The Hall–Kier alpha value is -1.56. The van der Waals surface area contributed by atoms with Crippen molar-refractivity contribution in [3.63, 3.8) is 0 Å². The number of carbonyl (C=O) groups excluding carboxylic acids is 1. The van der Waals surface area contributed by atoms with Crippen molar-refractivity contribution in [2.75, 3.05) is 34.8 Å². The predicted octanol–water partition coefficient (Wildman–Crippen LogP) is 2.44. The van der Waals surface area contributed by atoms with Crippen LogP contribution < -0.4 is 10.2 Å². The van der Waals surface area contributed by atoms with E-state index in [2.05, 4.69) is 10.2 Å². The second-order valence-electron chi connectivity index (χ2n) is 6.54. The monoisotopic (exact) mass is 336 g/mol. The second kappa shape index (κ2) is 6.91. The number of carbonyl (C=O) groups is 1. The van der Waals surface area contributed by atoms with Gasteiger partial charge in [0.2, 0.25) is 5.91 Å². The van der Waals surface area contributed by atoms with E-state index in [1.54, 1.807) is 0 Å². The van der Waals surface area contributed by atoms with Crippen LogP contribution in [0.15, 0.2) is 24.3 Å². The summed E-state index contributed by atoms with van der Waals surface area (Å²) in [6, 6.07) is 7.88. The molecule has 6 heteroatoms. The van der Waals surface area contributed by atoms with Crippen molar-refractivity contribution >= 4 is 27.1 Å². The fraction of sp³-hybridized carbons (Fsp3) is 0.588. The molecule has 0 aliphatic carbocycles. The molecular weight excluding hydrogens is 312 g/mol. The van der Waals surface area contributed by atoms with E-state index in [1.807, 2.05) is 24.3 Å². The summed E-state index contributed by atoms with van der Waals surface area (Å²) < 4.78 is 22.9. The number of sulfone groups is 1. The highest BCUT2D eigenvalue weighted by Gasteiger charge is 2.32. The Balaban J connectivity index is 1.60. The first kappa shape index (κ1) is 16.3. The highest BCUT2D eigenvalue weighted by Crippen LogP contribution is 2.23. The third-order valence-corrected chi connectivity index (χ3v) is 6.48. The first-order chi connectivity index (χ1) is 11.0. The maximum Gasteiger partial charge on any atom is 0.228 e. The zero-order valence-corrected chi connectivity index (χ0v) is 14.1. The Kier molecular flexibility index (Phi) is 4.90. The van der Waals surface area contributed by atoms with Crippen LogP contribution >= 0.6 is 0 Å². The summed E-state index contributed by atoms with van der Waals surface area (Å²) >= 11 is 0. The molecule has 2 saturated heterocycles. The van der Waals surface area contributed by atoms with Gasteiger partial charge in [0.1, 0.15) is 0 Å². The van der Waals surface area contributed by atoms with Crippen LogP contribution in [0.2, 0.25) is 0 Å². The van der Waals surface area contributed by atoms with E-state index >= 15 is 0 Å². The Morgan fingerprint density at radius 1 is 1.04 bits per heavy atom. The fourth-order valence-electron chi connectivity index (χ4n) is 3.33. The van der Waals surface area contributed by atoms with Crippen LogP contribution in [-0.2, 0) is 14.6 Å². The minimum atomic E-state index is -3.02. The van der Waals surface area contributed by atoms with Gasteiger partial charge in [-0.1, -0.05) is 12.8 Å². The zero-order valence-electron chi connectivity index (χ0n) is 13.3. The molecule has 0 aromatic heterocycles. The summed E-state index contributed by atoms with van der Waals surface area (Å²) in [6.45, 7) is 2.18. The molecule has 2 heterocycles. The van der Waals surface area contributed by atoms with E-state index in [4.69, 9.17) is 0 Å². The fourth-order valence-corrected chi connectivity index (χ4v) is 5.07. The molecule has 1 amide bonds. The number of hydrogen-bond acceptors (Lipinski definition) is 4. The molecule has 2 aliphatic rings. The summed E-state index contributed by atoms with van der Waals surface area (Å²) in [4.78, 5) is 14.5. The molecule has 5 nitrogen and oxygen atoms in total. The van der Waals surface area contributed by atoms with Crippen LogP contribution in [0.5, 0.6) is 0 Å². The number of anilines is 2. The molecule has 23 heavy (non-hydrogen) atoms. The van der Waals surface area contributed by atoms with Crippen LogP contribution in [0.1, 0.15) is 32.1 Å². The SMILES string of the molecule is O=C(Nc1ccc(N2CCCCCC2)cc1)[C@@H]1CCS(=O)(=O)C1. The van der Waals surface area contributed by atoms with Gasteiger partial charge < -0.3 is 10.2 Å². The molecule has 1 aromatic carbocycles. The molecule has 1 atom stereocenters. The quantitative estimate of drug-likeness (QED) is 0.921. The van der Waals surface area contributed by atoms with Gasteiger partial charge in [0.25, 0.3) is 0 Å². The zero-order chi connectivity index (χ0) is 16.3. The normalized spacial score (nSPS) is 24.2. The van der Waals surface area contributed by atoms with Gasteiger partial charge in [0, 0.05) is 24.5 Å². The average molecular weight is 336 g/mol. The number of nitrogens with one attached hydrogen (secondary N) is 1.